The monoisotopic (exact) mass is 372 g/mol. The fraction of sp³-hybridized carbons (Fsp3) is 0.263. The van der Waals surface area contributed by atoms with Crippen molar-refractivity contribution in [2.24, 2.45) is 5.92 Å². The maximum absolute atomic E-state index is 12.6. The summed E-state index contributed by atoms with van der Waals surface area (Å²) in [5.41, 5.74) is 2.05. The molecule has 134 valence electrons. The van der Waals surface area contributed by atoms with E-state index in [1.807, 2.05) is 12.1 Å². The summed E-state index contributed by atoms with van der Waals surface area (Å²) in [5, 5.41) is 6.26. The molecule has 0 spiro atoms. The molecule has 2 atom stereocenters. The molecule has 0 fully saturated rings. The summed E-state index contributed by atoms with van der Waals surface area (Å²) in [6.07, 6.45) is 0.0264. The minimum absolute atomic E-state index is 0.146. The summed E-state index contributed by atoms with van der Waals surface area (Å²) in [5.74, 6) is 0.672. The molecular weight excluding hydrogens is 356 g/mol. The number of halogens is 1. The van der Waals surface area contributed by atoms with Crippen molar-refractivity contribution in [1.29, 1.82) is 0 Å². The van der Waals surface area contributed by atoms with Crippen LogP contribution in [-0.2, 0) is 16.0 Å². The van der Waals surface area contributed by atoms with Crippen molar-refractivity contribution in [3.05, 3.63) is 47.0 Å². The van der Waals surface area contributed by atoms with Crippen LogP contribution in [0.4, 0.5) is 11.4 Å². The molecule has 2 amide bonds. The number of hydrogen-bond donors (Lipinski definition) is 2. The highest BCUT2D eigenvalue weighted by Gasteiger charge is 2.27. The first-order valence-electron chi connectivity index (χ1n) is 8.33. The van der Waals surface area contributed by atoms with Gasteiger partial charge in [-0.15, -0.1) is 0 Å². The number of nitrogens with one attached hydrogen (secondary N) is 2. The van der Waals surface area contributed by atoms with E-state index in [2.05, 4.69) is 10.6 Å². The van der Waals surface area contributed by atoms with Gasteiger partial charge in [0.1, 0.15) is 18.1 Å². The fourth-order valence-corrected chi connectivity index (χ4v) is 3.26. The zero-order valence-electron chi connectivity index (χ0n) is 14.0. The third-order valence-electron chi connectivity index (χ3n) is 4.48. The van der Waals surface area contributed by atoms with Crippen molar-refractivity contribution in [3.63, 3.8) is 0 Å². The maximum atomic E-state index is 12.6. The van der Waals surface area contributed by atoms with Crippen molar-refractivity contribution in [2.45, 2.75) is 19.4 Å². The number of rotatable bonds is 2. The topological polar surface area (TPSA) is 76.7 Å². The Kier molecular flexibility index (Phi) is 4.20. The van der Waals surface area contributed by atoms with Crippen LogP contribution in [0.25, 0.3) is 0 Å². The number of ether oxygens (including phenoxy) is 2. The molecule has 0 aliphatic carbocycles. The van der Waals surface area contributed by atoms with Gasteiger partial charge in [0.25, 0.3) is 5.91 Å². The quantitative estimate of drug-likeness (QED) is 0.848. The number of fused-ring (bicyclic) bond motifs is 2. The summed E-state index contributed by atoms with van der Waals surface area (Å²) in [6.45, 7) is 1.99. The highest BCUT2D eigenvalue weighted by Crippen LogP contribution is 2.33. The van der Waals surface area contributed by atoms with Crippen LogP contribution in [0.3, 0.4) is 0 Å². The number of carbonyl (C=O) groups excluding carboxylic acids is 2. The third-order valence-corrected chi connectivity index (χ3v) is 4.71. The second kappa shape index (κ2) is 6.53. The Morgan fingerprint density at radius 1 is 1.23 bits per heavy atom. The van der Waals surface area contributed by atoms with Crippen LogP contribution in [0, 0.1) is 5.92 Å². The lowest BCUT2D eigenvalue weighted by Crippen LogP contribution is -2.34. The van der Waals surface area contributed by atoms with Gasteiger partial charge in [0.2, 0.25) is 5.91 Å². The molecular formula is C19H17ClN2O4. The summed E-state index contributed by atoms with van der Waals surface area (Å²) in [4.78, 5) is 24.3. The van der Waals surface area contributed by atoms with Crippen LogP contribution in [-0.4, -0.2) is 24.5 Å². The van der Waals surface area contributed by atoms with Gasteiger partial charge in [-0.3, -0.25) is 9.59 Å². The molecule has 2 aliphatic rings. The van der Waals surface area contributed by atoms with E-state index in [0.717, 1.165) is 11.3 Å². The average Bonchev–Trinajstić information content (AvgIpc) is 2.62. The Bertz CT molecular complexity index is 899. The molecule has 0 aromatic heterocycles. The van der Waals surface area contributed by atoms with Crippen molar-refractivity contribution in [2.75, 3.05) is 17.2 Å². The summed E-state index contributed by atoms with van der Waals surface area (Å²) >= 11 is 6.02. The van der Waals surface area contributed by atoms with Gasteiger partial charge in [0.05, 0.1) is 11.6 Å². The lowest BCUT2D eigenvalue weighted by molar-refractivity contribution is -0.123. The molecule has 2 aromatic carbocycles. The molecule has 2 aromatic rings. The number of benzene rings is 2. The molecule has 0 saturated heterocycles. The van der Waals surface area contributed by atoms with E-state index in [1.165, 1.54) is 0 Å². The van der Waals surface area contributed by atoms with Crippen molar-refractivity contribution in [1.82, 2.24) is 0 Å². The Labute approximate surface area is 155 Å². The zero-order chi connectivity index (χ0) is 18.3. The van der Waals surface area contributed by atoms with Gasteiger partial charge in [0.15, 0.2) is 6.10 Å². The second-order valence-corrected chi connectivity index (χ2v) is 6.85. The molecule has 0 bridgehead atoms. The van der Waals surface area contributed by atoms with E-state index < -0.39 is 6.10 Å². The lowest BCUT2D eigenvalue weighted by atomic mass is 9.96. The summed E-state index contributed by atoms with van der Waals surface area (Å²) in [7, 11) is 0. The lowest BCUT2D eigenvalue weighted by Gasteiger charge is -2.26. The molecule has 7 heteroatoms. The third kappa shape index (κ3) is 3.20. The number of anilines is 2. The first kappa shape index (κ1) is 16.7. The Hall–Kier alpha value is -2.73. The normalized spacial score (nSPS) is 20.8. The molecule has 2 N–H and O–H groups in total. The van der Waals surface area contributed by atoms with Gasteiger partial charge in [-0.1, -0.05) is 11.6 Å². The van der Waals surface area contributed by atoms with E-state index >= 15 is 0 Å². The van der Waals surface area contributed by atoms with Crippen LogP contribution in [0.15, 0.2) is 36.4 Å². The molecule has 6 nitrogen and oxygen atoms in total. The largest absolute Gasteiger partial charge is 0.492 e. The molecule has 0 saturated carbocycles. The van der Waals surface area contributed by atoms with Gasteiger partial charge < -0.3 is 20.1 Å². The number of carbonyl (C=O) groups is 2. The van der Waals surface area contributed by atoms with E-state index in [0.29, 0.717) is 35.2 Å². The van der Waals surface area contributed by atoms with E-state index in [-0.39, 0.29) is 17.7 Å². The van der Waals surface area contributed by atoms with Gasteiger partial charge in [0, 0.05) is 10.7 Å². The average molecular weight is 373 g/mol. The van der Waals surface area contributed by atoms with Crippen LogP contribution in [0.2, 0.25) is 5.02 Å². The summed E-state index contributed by atoms with van der Waals surface area (Å²) in [6, 6.07) is 10.6. The Balaban J connectivity index is 1.47. The Morgan fingerprint density at radius 3 is 2.88 bits per heavy atom. The predicted molar refractivity (Wildman–Crippen MR) is 97.9 cm³/mol. The molecule has 4 rings (SSSR count). The minimum atomic E-state index is -0.533. The fourth-order valence-electron chi connectivity index (χ4n) is 3.06. The standard InChI is InChI=1S/C19H17ClN2O4/c1-10-18(23)22-15-8-14(3-5-17(15)26-10)21-19(24)12-6-11-7-13(20)2-4-16(11)25-9-12/h2-5,7-8,10,12H,6,9H2,1H3,(H,21,24)(H,22,23)/t10-,12-/m0/s1. The smallest absolute Gasteiger partial charge is 0.265 e. The van der Waals surface area contributed by atoms with Gasteiger partial charge in [-0.2, -0.15) is 0 Å². The number of hydrogen-bond acceptors (Lipinski definition) is 4. The maximum Gasteiger partial charge on any atom is 0.265 e. The molecule has 2 aliphatic heterocycles. The van der Waals surface area contributed by atoms with Gasteiger partial charge >= 0.3 is 0 Å². The molecule has 26 heavy (non-hydrogen) atoms. The van der Waals surface area contributed by atoms with Crippen molar-refractivity contribution >= 4 is 34.8 Å². The summed E-state index contributed by atoms with van der Waals surface area (Å²) < 4.78 is 11.2. The first-order valence-corrected chi connectivity index (χ1v) is 8.71. The van der Waals surface area contributed by atoms with Crippen molar-refractivity contribution < 1.29 is 19.1 Å². The predicted octanol–water partition coefficient (Wildman–Crippen LogP) is 3.25. The zero-order valence-corrected chi connectivity index (χ0v) is 14.8. The minimum Gasteiger partial charge on any atom is -0.492 e. The first-order chi connectivity index (χ1) is 12.5. The highest BCUT2D eigenvalue weighted by atomic mass is 35.5. The molecule has 0 unspecified atom stereocenters. The van der Waals surface area contributed by atoms with Crippen LogP contribution in [0.5, 0.6) is 11.5 Å². The Morgan fingerprint density at radius 2 is 2.04 bits per heavy atom. The second-order valence-electron chi connectivity index (χ2n) is 6.41. The highest BCUT2D eigenvalue weighted by molar-refractivity contribution is 6.30. The van der Waals surface area contributed by atoms with E-state index in [1.54, 1.807) is 31.2 Å². The SMILES string of the molecule is C[C@@H]1Oc2ccc(NC(=O)[C@@H]3COc4ccc(Cl)cc4C3)cc2NC1=O. The molecule has 0 radical (unpaired) electrons. The van der Waals surface area contributed by atoms with Gasteiger partial charge in [-0.05, 0) is 55.3 Å². The van der Waals surface area contributed by atoms with Crippen LogP contribution >= 0.6 is 11.6 Å². The van der Waals surface area contributed by atoms with Crippen molar-refractivity contribution in [3.8, 4) is 11.5 Å². The van der Waals surface area contributed by atoms with Crippen LogP contribution in [0.1, 0.15) is 12.5 Å². The van der Waals surface area contributed by atoms with Crippen LogP contribution < -0.4 is 20.1 Å². The molecule has 2 heterocycles. The van der Waals surface area contributed by atoms with Gasteiger partial charge in [-0.25, -0.2) is 0 Å². The van der Waals surface area contributed by atoms with E-state index in [9.17, 15) is 9.59 Å². The number of amides is 2. The van der Waals surface area contributed by atoms with E-state index in [4.69, 9.17) is 21.1 Å².